The van der Waals surface area contributed by atoms with E-state index in [1.807, 2.05) is 5.32 Å². The van der Waals surface area contributed by atoms with Crippen LogP contribution in [0.3, 0.4) is 0 Å². The van der Waals surface area contributed by atoms with E-state index in [-0.39, 0.29) is 6.42 Å². The second-order valence-electron chi connectivity index (χ2n) is 7.81. The Labute approximate surface area is 195 Å². The average molecular weight is 482 g/mol. The number of benzene rings is 1. The Bertz CT molecular complexity index is 877. The van der Waals surface area contributed by atoms with Gasteiger partial charge in [-0.2, -0.15) is 0 Å². The molecule has 13 nitrogen and oxygen atoms in total. The zero-order valence-electron chi connectivity index (χ0n) is 18.8. The summed E-state index contributed by atoms with van der Waals surface area (Å²) in [6.45, 7) is 2.43. The molecule has 0 fully saturated rings. The second-order valence-corrected chi connectivity index (χ2v) is 7.81. The highest BCUT2D eigenvalue weighted by atomic mass is 16.4. The van der Waals surface area contributed by atoms with Crippen LogP contribution in [-0.4, -0.2) is 81.3 Å². The van der Waals surface area contributed by atoms with Crippen molar-refractivity contribution in [2.24, 2.45) is 11.5 Å². The molecular formula is C21H31N5O8. The first kappa shape index (κ1) is 28.5. The highest BCUT2D eigenvalue weighted by Gasteiger charge is 2.33. The van der Waals surface area contributed by atoms with E-state index in [0.29, 0.717) is 5.56 Å². The highest BCUT2D eigenvalue weighted by Crippen LogP contribution is 2.06. The van der Waals surface area contributed by atoms with Crippen LogP contribution in [0, 0.1) is 0 Å². The zero-order chi connectivity index (χ0) is 26.0. The first-order chi connectivity index (χ1) is 15.8. The van der Waals surface area contributed by atoms with Crippen LogP contribution >= 0.6 is 0 Å². The lowest BCUT2D eigenvalue weighted by molar-refractivity contribution is -0.145. The molecule has 0 heterocycles. The molecule has 0 saturated carbocycles. The monoisotopic (exact) mass is 481 g/mol. The van der Waals surface area contributed by atoms with Gasteiger partial charge in [-0.1, -0.05) is 30.3 Å². The van der Waals surface area contributed by atoms with E-state index < -0.39 is 72.4 Å². The molecule has 0 aliphatic heterocycles. The Balaban J connectivity index is 3.12. The van der Waals surface area contributed by atoms with Gasteiger partial charge in [-0.15, -0.1) is 0 Å². The van der Waals surface area contributed by atoms with Crippen LogP contribution in [0.1, 0.15) is 25.8 Å². The lowest BCUT2D eigenvalue weighted by atomic mass is 10.0. The largest absolute Gasteiger partial charge is 0.480 e. The fraction of sp³-hybridized carbons (Fsp3) is 0.476. The number of rotatable bonds is 13. The predicted octanol–water partition coefficient (Wildman–Crippen LogP) is -3.27. The maximum Gasteiger partial charge on any atom is 0.328 e. The topological polar surface area (TPSA) is 234 Å². The number of carbonyl (C=O) groups excluding carboxylic acids is 4. The molecule has 0 bridgehead atoms. The Morgan fingerprint density at radius 2 is 1.38 bits per heavy atom. The van der Waals surface area contributed by atoms with Crippen molar-refractivity contribution in [3.63, 3.8) is 0 Å². The van der Waals surface area contributed by atoms with E-state index in [1.54, 1.807) is 30.3 Å². The average Bonchev–Trinajstić information content (AvgIpc) is 2.75. The lowest BCUT2D eigenvalue weighted by Crippen LogP contribution is -2.59. The number of aliphatic hydroxyl groups is 2. The summed E-state index contributed by atoms with van der Waals surface area (Å²) >= 11 is 0. The van der Waals surface area contributed by atoms with Gasteiger partial charge in [0.25, 0.3) is 0 Å². The van der Waals surface area contributed by atoms with E-state index in [0.717, 1.165) is 6.92 Å². The maximum atomic E-state index is 13.0. The van der Waals surface area contributed by atoms with Gasteiger partial charge >= 0.3 is 5.97 Å². The van der Waals surface area contributed by atoms with Gasteiger partial charge in [-0.3, -0.25) is 19.2 Å². The number of hydrogen-bond donors (Lipinski definition) is 8. The van der Waals surface area contributed by atoms with Crippen molar-refractivity contribution in [1.29, 1.82) is 0 Å². The minimum Gasteiger partial charge on any atom is -0.480 e. The van der Waals surface area contributed by atoms with Crippen LogP contribution in [-0.2, 0) is 30.4 Å². The van der Waals surface area contributed by atoms with Gasteiger partial charge in [0.2, 0.25) is 23.6 Å². The number of amides is 4. The number of hydrogen-bond acceptors (Lipinski definition) is 8. The SMILES string of the molecule is CC(O)C(N)C(=O)NC(Cc1ccccc1)C(=O)NC(CC(N)=O)C(=O)NC(C(=O)O)C(C)O. The van der Waals surface area contributed by atoms with Crippen molar-refractivity contribution >= 4 is 29.6 Å². The number of carboxylic acids is 1. The smallest absolute Gasteiger partial charge is 0.328 e. The van der Waals surface area contributed by atoms with Crippen molar-refractivity contribution in [3.8, 4) is 0 Å². The number of aliphatic carboxylic acids is 1. The molecule has 1 rings (SSSR count). The summed E-state index contributed by atoms with van der Waals surface area (Å²) in [6, 6.07) is 2.64. The van der Waals surface area contributed by atoms with Crippen LogP contribution in [0.2, 0.25) is 0 Å². The first-order valence-corrected chi connectivity index (χ1v) is 10.4. The third-order valence-electron chi connectivity index (χ3n) is 4.82. The summed E-state index contributed by atoms with van der Waals surface area (Å²) in [5, 5.41) is 35.0. The molecule has 4 amide bonds. The molecule has 0 spiro atoms. The molecule has 6 unspecified atom stereocenters. The third kappa shape index (κ3) is 9.13. The van der Waals surface area contributed by atoms with Crippen molar-refractivity contribution in [2.45, 2.75) is 63.1 Å². The summed E-state index contributed by atoms with van der Waals surface area (Å²) in [6.07, 6.45) is -3.38. The van der Waals surface area contributed by atoms with E-state index >= 15 is 0 Å². The number of nitrogens with two attached hydrogens (primary N) is 2. The molecular weight excluding hydrogens is 450 g/mol. The number of primary amides is 1. The standard InChI is InChI=1S/C21H31N5O8/c1-10(27)16(23)20(32)25-13(8-12-6-4-3-5-7-12)18(30)24-14(9-15(22)29)19(31)26-17(11(2)28)21(33)34/h3-7,10-11,13-14,16-17,27-28H,8-9,23H2,1-2H3,(H2,22,29)(H,24,30)(H,25,32)(H,26,31)(H,33,34). The molecule has 0 aliphatic rings. The molecule has 0 aliphatic carbocycles. The number of nitrogens with one attached hydrogen (secondary N) is 3. The van der Waals surface area contributed by atoms with E-state index in [1.165, 1.54) is 6.92 Å². The fourth-order valence-electron chi connectivity index (χ4n) is 2.87. The molecule has 0 radical (unpaired) electrons. The minimum absolute atomic E-state index is 0.0265. The Morgan fingerprint density at radius 3 is 1.85 bits per heavy atom. The normalized spacial score (nSPS) is 16.1. The van der Waals surface area contributed by atoms with Gasteiger partial charge in [0, 0.05) is 6.42 Å². The third-order valence-corrected chi connectivity index (χ3v) is 4.82. The summed E-state index contributed by atoms with van der Waals surface area (Å²) in [4.78, 5) is 60.7. The fourth-order valence-corrected chi connectivity index (χ4v) is 2.87. The molecule has 6 atom stereocenters. The predicted molar refractivity (Wildman–Crippen MR) is 119 cm³/mol. The molecule has 1 aromatic rings. The van der Waals surface area contributed by atoms with Crippen LogP contribution in [0.15, 0.2) is 30.3 Å². The molecule has 34 heavy (non-hydrogen) atoms. The second kappa shape index (κ2) is 13.2. The Kier molecular flexibility index (Phi) is 11.1. The lowest BCUT2D eigenvalue weighted by Gasteiger charge is -2.25. The summed E-state index contributed by atoms with van der Waals surface area (Å²) < 4.78 is 0. The van der Waals surface area contributed by atoms with E-state index in [2.05, 4.69) is 10.6 Å². The number of carboxylic acid groups (broad SMARTS) is 1. The van der Waals surface area contributed by atoms with Crippen molar-refractivity contribution in [3.05, 3.63) is 35.9 Å². The van der Waals surface area contributed by atoms with Crippen LogP contribution in [0.25, 0.3) is 0 Å². The van der Waals surface area contributed by atoms with Gasteiger partial charge in [0.05, 0.1) is 18.6 Å². The molecule has 0 aromatic heterocycles. The number of carbonyl (C=O) groups is 5. The van der Waals surface area contributed by atoms with E-state index in [4.69, 9.17) is 16.6 Å². The van der Waals surface area contributed by atoms with Gasteiger partial charge in [-0.25, -0.2) is 4.79 Å². The van der Waals surface area contributed by atoms with Gasteiger partial charge in [0.1, 0.15) is 18.1 Å². The van der Waals surface area contributed by atoms with Crippen molar-refractivity contribution in [2.75, 3.05) is 0 Å². The summed E-state index contributed by atoms with van der Waals surface area (Å²) in [7, 11) is 0. The Morgan fingerprint density at radius 1 is 0.853 bits per heavy atom. The molecule has 0 saturated heterocycles. The first-order valence-electron chi connectivity index (χ1n) is 10.4. The molecule has 10 N–H and O–H groups in total. The van der Waals surface area contributed by atoms with Crippen LogP contribution in [0.4, 0.5) is 0 Å². The quantitative estimate of drug-likeness (QED) is 0.141. The van der Waals surface area contributed by atoms with Gasteiger partial charge in [-0.05, 0) is 19.4 Å². The van der Waals surface area contributed by atoms with Crippen LogP contribution in [0.5, 0.6) is 0 Å². The van der Waals surface area contributed by atoms with E-state index in [9.17, 15) is 34.2 Å². The van der Waals surface area contributed by atoms with Crippen molar-refractivity contribution < 1.29 is 39.3 Å². The maximum absolute atomic E-state index is 13.0. The van der Waals surface area contributed by atoms with Crippen molar-refractivity contribution in [1.82, 2.24) is 16.0 Å². The van der Waals surface area contributed by atoms with Gasteiger partial charge < -0.3 is 42.7 Å². The molecule has 1 aromatic carbocycles. The summed E-state index contributed by atoms with van der Waals surface area (Å²) in [5.41, 5.74) is 11.4. The molecule has 188 valence electrons. The molecule has 13 heteroatoms. The highest BCUT2D eigenvalue weighted by molar-refractivity contribution is 5.96. The minimum atomic E-state index is -1.70. The van der Waals surface area contributed by atoms with Crippen LogP contribution < -0.4 is 27.4 Å². The Hall–Kier alpha value is -3.55. The number of aliphatic hydroxyl groups excluding tert-OH is 2. The zero-order valence-corrected chi connectivity index (χ0v) is 18.8. The van der Waals surface area contributed by atoms with Gasteiger partial charge in [0.15, 0.2) is 6.04 Å². The summed E-state index contributed by atoms with van der Waals surface area (Å²) in [5.74, 6) is -5.30.